The Morgan fingerprint density at radius 2 is 1.00 bits per heavy atom. The maximum atomic E-state index is 5.78. The highest BCUT2D eigenvalue weighted by Crippen LogP contribution is 2.25. The summed E-state index contributed by atoms with van der Waals surface area (Å²) in [5.41, 5.74) is 2.35. The Bertz CT molecular complexity index is 583. The lowest BCUT2D eigenvalue weighted by Gasteiger charge is -2.25. The molecule has 2 aromatic carbocycles. The van der Waals surface area contributed by atoms with Crippen LogP contribution in [-0.2, 0) is 9.47 Å². The van der Waals surface area contributed by atoms with Crippen molar-refractivity contribution in [3.8, 4) is 22.6 Å². The van der Waals surface area contributed by atoms with E-state index in [0.29, 0.717) is 11.8 Å². The highest BCUT2D eigenvalue weighted by molar-refractivity contribution is 5.64. The van der Waals surface area contributed by atoms with Crippen LogP contribution in [0.4, 0.5) is 0 Å². The van der Waals surface area contributed by atoms with Crippen LogP contribution in [0.1, 0.15) is 0 Å². The molecule has 0 spiro atoms. The zero-order valence-electron chi connectivity index (χ0n) is 13.6. The van der Waals surface area contributed by atoms with Crippen molar-refractivity contribution in [1.82, 2.24) is 0 Å². The summed E-state index contributed by atoms with van der Waals surface area (Å²) in [7, 11) is 0. The minimum Gasteiger partial charge on any atom is -0.493 e. The Kier molecular flexibility index (Phi) is 4.67. The van der Waals surface area contributed by atoms with Gasteiger partial charge in [-0.3, -0.25) is 0 Å². The van der Waals surface area contributed by atoms with Gasteiger partial charge in [-0.25, -0.2) is 0 Å². The van der Waals surface area contributed by atoms with Crippen LogP contribution in [-0.4, -0.2) is 39.6 Å². The average Bonchev–Trinajstić information content (AvgIpc) is 2.53. The van der Waals surface area contributed by atoms with E-state index in [1.807, 2.05) is 24.3 Å². The van der Waals surface area contributed by atoms with E-state index in [2.05, 4.69) is 24.3 Å². The standard InChI is InChI=1S/C20H22O4/c1-5-19(23-13-15-9-21-10-15)6-2-17(1)18-3-7-20(8-4-18)24-14-16-11-22-12-16/h1-8,15-16H,9-14H2. The molecule has 2 heterocycles. The van der Waals surface area contributed by atoms with E-state index in [4.69, 9.17) is 18.9 Å². The smallest absolute Gasteiger partial charge is 0.119 e. The Morgan fingerprint density at radius 3 is 1.29 bits per heavy atom. The van der Waals surface area contributed by atoms with Gasteiger partial charge in [0.15, 0.2) is 0 Å². The molecule has 2 aliphatic heterocycles. The van der Waals surface area contributed by atoms with Crippen LogP contribution in [0, 0.1) is 11.8 Å². The summed E-state index contributed by atoms with van der Waals surface area (Å²) in [6.45, 7) is 4.75. The summed E-state index contributed by atoms with van der Waals surface area (Å²) >= 11 is 0. The molecular formula is C20H22O4. The van der Waals surface area contributed by atoms with Crippen molar-refractivity contribution < 1.29 is 18.9 Å². The number of hydrogen-bond acceptors (Lipinski definition) is 4. The Balaban J connectivity index is 1.32. The molecule has 0 amide bonds. The maximum absolute atomic E-state index is 5.78. The second kappa shape index (κ2) is 7.24. The molecule has 2 aliphatic rings. The van der Waals surface area contributed by atoms with Gasteiger partial charge in [-0.2, -0.15) is 0 Å². The molecule has 0 aromatic heterocycles. The molecule has 0 bridgehead atoms. The number of hydrogen-bond donors (Lipinski definition) is 0. The van der Waals surface area contributed by atoms with Crippen LogP contribution in [0.25, 0.3) is 11.1 Å². The predicted molar refractivity (Wildman–Crippen MR) is 91.5 cm³/mol. The molecule has 4 heteroatoms. The molecule has 0 saturated carbocycles. The molecule has 0 aliphatic carbocycles. The number of benzene rings is 2. The Labute approximate surface area is 142 Å². The van der Waals surface area contributed by atoms with E-state index >= 15 is 0 Å². The molecule has 2 saturated heterocycles. The van der Waals surface area contributed by atoms with E-state index in [0.717, 1.165) is 51.1 Å². The summed E-state index contributed by atoms with van der Waals surface area (Å²) in [5.74, 6) is 2.91. The lowest BCUT2D eigenvalue weighted by molar-refractivity contribution is -0.0509. The molecule has 2 aromatic rings. The van der Waals surface area contributed by atoms with E-state index in [1.165, 1.54) is 11.1 Å². The van der Waals surface area contributed by atoms with E-state index in [1.54, 1.807) is 0 Å². The molecule has 4 rings (SSSR count). The second-order valence-electron chi connectivity index (χ2n) is 6.48. The van der Waals surface area contributed by atoms with E-state index in [9.17, 15) is 0 Å². The number of rotatable bonds is 7. The molecule has 0 radical (unpaired) electrons. The summed E-state index contributed by atoms with van der Waals surface area (Å²) in [4.78, 5) is 0. The molecule has 24 heavy (non-hydrogen) atoms. The maximum Gasteiger partial charge on any atom is 0.119 e. The molecular weight excluding hydrogens is 304 g/mol. The highest BCUT2D eigenvalue weighted by Gasteiger charge is 2.19. The van der Waals surface area contributed by atoms with Crippen molar-refractivity contribution >= 4 is 0 Å². The zero-order valence-corrected chi connectivity index (χ0v) is 13.6. The molecule has 2 fully saturated rings. The van der Waals surface area contributed by atoms with E-state index in [-0.39, 0.29) is 0 Å². The highest BCUT2D eigenvalue weighted by atomic mass is 16.5. The monoisotopic (exact) mass is 326 g/mol. The van der Waals surface area contributed by atoms with Crippen LogP contribution in [0.3, 0.4) is 0 Å². The third-order valence-electron chi connectivity index (χ3n) is 4.43. The van der Waals surface area contributed by atoms with Gasteiger partial charge in [-0.1, -0.05) is 24.3 Å². The lowest BCUT2D eigenvalue weighted by atomic mass is 10.1. The fourth-order valence-corrected chi connectivity index (χ4v) is 2.68. The van der Waals surface area contributed by atoms with Gasteiger partial charge in [0.2, 0.25) is 0 Å². The van der Waals surface area contributed by atoms with Crippen LogP contribution in [0.5, 0.6) is 11.5 Å². The lowest BCUT2D eigenvalue weighted by Crippen LogP contribution is -2.32. The first kappa shape index (κ1) is 15.5. The van der Waals surface area contributed by atoms with Crippen LogP contribution < -0.4 is 9.47 Å². The fourth-order valence-electron chi connectivity index (χ4n) is 2.68. The number of ether oxygens (including phenoxy) is 4. The van der Waals surface area contributed by atoms with Gasteiger partial charge in [0, 0.05) is 11.8 Å². The van der Waals surface area contributed by atoms with Gasteiger partial charge in [0.25, 0.3) is 0 Å². The summed E-state index contributed by atoms with van der Waals surface area (Å²) < 4.78 is 21.9. The third kappa shape index (κ3) is 3.71. The largest absolute Gasteiger partial charge is 0.493 e. The average molecular weight is 326 g/mol. The quantitative estimate of drug-likeness (QED) is 0.781. The molecule has 0 atom stereocenters. The topological polar surface area (TPSA) is 36.9 Å². The first-order chi connectivity index (χ1) is 11.9. The zero-order chi connectivity index (χ0) is 16.2. The van der Waals surface area contributed by atoms with Crippen molar-refractivity contribution in [1.29, 1.82) is 0 Å². The minimum absolute atomic E-state index is 0.545. The third-order valence-corrected chi connectivity index (χ3v) is 4.43. The second-order valence-corrected chi connectivity index (χ2v) is 6.48. The Morgan fingerprint density at radius 1 is 0.625 bits per heavy atom. The minimum atomic E-state index is 0.545. The summed E-state index contributed by atoms with van der Waals surface area (Å²) in [6, 6.07) is 16.5. The molecule has 0 unspecified atom stereocenters. The van der Waals surface area contributed by atoms with Gasteiger partial charge < -0.3 is 18.9 Å². The van der Waals surface area contributed by atoms with Crippen molar-refractivity contribution in [3.05, 3.63) is 48.5 Å². The first-order valence-electron chi connectivity index (χ1n) is 8.48. The molecule has 4 nitrogen and oxygen atoms in total. The van der Waals surface area contributed by atoms with Crippen LogP contribution in [0.2, 0.25) is 0 Å². The Hall–Kier alpha value is -2.04. The normalized spacial score (nSPS) is 17.8. The van der Waals surface area contributed by atoms with Crippen LogP contribution >= 0.6 is 0 Å². The molecule has 0 N–H and O–H groups in total. The summed E-state index contributed by atoms with van der Waals surface area (Å²) in [6.07, 6.45) is 0. The van der Waals surface area contributed by atoms with Gasteiger partial charge in [0.05, 0.1) is 39.6 Å². The fraction of sp³-hybridized carbons (Fsp3) is 0.400. The van der Waals surface area contributed by atoms with Gasteiger partial charge in [-0.05, 0) is 35.4 Å². The molecule has 126 valence electrons. The van der Waals surface area contributed by atoms with E-state index < -0.39 is 0 Å². The first-order valence-corrected chi connectivity index (χ1v) is 8.48. The summed E-state index contributed by atoms with van der Waals surface area (Å²) in [5, 5.41) is 0. The van der Waals surface area contributed by atoms with Crippen molar-refractivity contribution in [2.75, 3.05) is 39.6 Å². The predicted octanol–water partition coefficient (Wildman–Crippen LogP) is 3.40. The van der Waals surface area contributed by atoms with Gasteiger partial charge >= 0.3 is 0 Å². The van der Waals surface area contributed by atoms with Gasteiger partial charge in [-0.15, -0.1) is 0 Å². The van der Waals surface area contributed by atoms with Gasteiger partial charge in [0.1, 0.15) is 11.5 Å². The van der Waals surface area contributed by atoms with Crippen LogP contribution in [0.15, 0.2) is 48.5 Å². The van der Waals surface area contributed by atoms with Crippen molar-refractivity contribution in [2.45, 2.75) is 0 Å². The SMILES string of the molecule is c1cc(-c2ccc(OCC3COC3)cc2)ccc1OCC1COC1. The van der Waals surface area contributed by atoms with Crippen molar-refractivity contribution in [3.63, 3.8) is 0 Å². The van der Waals surface area contributed by atoms with Crippen molar-refractivity contribution in [2.24, 2.45) is 11.8 Å².